The Morgan fingerprint density at radius 3 is 2.28 bits per heavy atom. The first-order valence-electron chi connectivity index (χ1n) is 5.50. The van der Waals surface area contributed by atoms with Crippen LogP contribution in [0.3, 0.4) is 0 Å². The number of thiocarbonyl (C=S) groups is 1. The number of benzene rings is 1. The van der Waals surface area contributed by atoms with Gasteiger partial charge in [-0.2, -0.15) is 0 Å². The maximum absolute atomic E-state index is 11.8. The van der Waals surface area contributed by atoms with Crippen LogP contribution in [0.4, 0.5) is 0 Å². The van der Waals surface area contributed by atoms with Crippen LogP contribution in [0.1, 0.15) is 22.3 Å². The number of amides is 1. The molecule has 1 fully saturated rings. The van der Waals surface area contributed by atoms with Crippen molar-refractivity contribution in [3.8, 4) is 0 Å². The molecule has 0 saturated carbocycles. The Bertz CT molecular complexity index is 555. The van der Waals surface area contributed by atoms with E-state index in [4.69, 9.17) is 18.1 Å². The first-order chi connectivity index (χ1) is 8.40. The van der Waals surface area contributed by atoms with Crippen molar-refractivity contribution < 1.29 is 4.79 Å². The Balaban J connectivity index is 2.47. The monoisotopic (exact) mass is 278 g/mol. The molecule has 2 rings (SSSR count). The summed E-state index contributed by atoms with van der Waals surface area (Å²) >= 11 is 6.24. The summed E-state index contributed by atoms with van der Waals surface area (Å²) in [4.78, 5) is 12.4. The Morgan fingerprint density at radius 1 is 1.28 bits per heavy atom. The molecule has 0 spiro atoms. The van der Waals surface area contributed by atoms with Gasteiger partial charge in [0.1, 0.15) is 0 Å². The molecule has 3 nitrogen and oxygen atoms in total. The molecule has 0 unspecified atom stereocenters. The Hall–Kier alpha value is -1.17. The quantitative estimate of drug-likeness (QED) is 0.371. The Kier molecular flexibility index (Phi) is 3.56. The van der Waals surface area contributed by atoms with Crippen LogP contribution in [0, 0.1) is 20.8 Å². The number of nitrogens with zero attached hydrogens (tertiary/aromatic N) is 1. The molecule has 0 aliphatic carbocycles. The van der Waals surface area contributed by atoms with E-state index in [0.717, 1.165) is 21.7 Å². The van der Waals surface area contributed by atoms with E-state index in [-0.39, 0.29) is 5.91 Å². The predicted octanol–water partition coefficient (Wildman–Crippen LogP) is 2.69. The highest BCUT2D eigenvalue weighted by atomic mass is 32.2. The molecule has 1 aromatic rings. The van der Waals surface area contributed by atoms with Crippen LogP contribution in [0.2, 0.25) is 0 Å². The normalized spacial score (nSPS) is 18.0. The number of thioether (sulfide) groups is 1. The van der Waals surface area contributed by atoms with Crippen molar-refractivity contribution in [1.82, 2.24) is 5.01 Å². The number of carbonyl (C=O) groups excluding carboxylic acids is 1. The van der Waals surface area contributed by atoms with Crippen LogP contribution < -0.4 is 5.84 Å². The molecule has 0 radical (unpaired) electrons. The van der Waals surface area contributed by atoms with Gasteiger partial charge in [0.05, 0.1) is 4.91 Å². The van der Waals surface area contributed by atoms with Gasteiger partial charge in [0.2, 0.25) is 0 Å². The molecule has 18 heavy (non-hydrogen) atoms. The van der Waals surface area contributed by atoms with Crippen molar-refractivity contribution >= 4 is 40.3 Å². The van der Waals surface area contributed by atoms with E-state index >= 15 is 0 Å². The number of hydrogen-bond donors (Lipinski definition) is 1. The maximum Gasteiger partial charge on any atom is 0.280 e. The Labute approximate surface area is 116 Å². The fraction of sp³-hybridized carbons (Fsp3) is 0.231. The average Bonchev–Trinajstić information content (AvgIpc) is 2.51. The molecular formula is C13H14N2OS2. The smallest absolute Gasteiger partial charge is 0.267 e. The third kappa shape index (κ3) is 2.34. The molecule has 1 saturated heterocycles. The van der Waals surface area contributed by atoms with Crippen molar-refractivity contribution in [2.45, 2.75) is 20.8 Å². The molecule has 1 aliphatic heterocycles. The summed E-state index contributed by atoms with van der Waals surface area (Å²) in [5.41, 5.74) is 4.58. The third-order valence-corrected chi connectivity index (χ3v) is 4.17. The van der Waals surface area contributed by atoms with E-state index in [1.807, 2.05) is 19.9 Å². The van der Waals surface area contributed by atoms with Gasteiger partial charge >= 0.3 is 0 Å². The first-order valence-corrected chi connectivity index (χ1v) is 6.73. The van der Waals surface area contributed by atoms with Crippen LogP contribution >= 0.6 is 24.0 Å². The standard InChI is InChI=1S/C13H14N2OS2/c1-7-4-8(2)10(9(3)5-7)6-11-12(16)15(14)13(17)18-11/h4-6H,14H2,1-3H3/b11-6+. The number of aryl methyl sites for hydroxylation is 3. The molecule has 5 heteroatoms. The number of carbonyl (C=O) groups is 1. The molecule has 0 aromatic heterocycles. The van der Waals surface area contributed by atoms with Gasteiger partial charge in [0, 0.05) is 0 Å². The first kappa shape index (κ1) is 13.3. The number of rotatable bonds is 1. The zero-order valence-electron chi connectivity index (χ0n) is 10.5. The van der Waals surface area contributed by atoms with Gasteiger partial charge in [-0.05, 0) is 43.5 Å². The zero-order valence-corrected chi connectivity index (χ0v) is 12.1. The van der Waals surface area contributed by atoms with Crippen LogP contribution in [-0.4, -0.2) is 15.2 Å². The summed E-state index contributed by atoms with van der Waals surface area (Å²) in [6, 6.07) is 4.20. The lowest BCUT2D eigenvalue weighted by Crippen LogP contribution is -2.34. The lowest BCUT2D eigenvalue weighted by Gasteiger charge is -2.08. The number of nitrogens with two attached hydrogens (primary N) is 1. The van der Waals surface area contributed by atoms with E-state index in [2.05, 4.69) is 19.1 Å². The van der Waals surface area contributed by atoms with Gasteiger partial charge in [-0.3, -0.25) is 4.79 Å². The molecule has 1 aliphatic rings. The summed E-state index contributed by atoms with van der Waals surface area (Å²) in [5.74, 6) is 5.31. The average molecular weight is 278 g/mol. The SMILES string of the molecule is Cc1cc(C)c(/C=C2/SC(=S)N(N)C2=O)c(C)c1. The lowest BCUT2D eigenvalue weighted by molar-refractivity contribution is -0.122. The van der Waals surface area contributed by atoms with Crippen molar-refractivity contribution in [2.75, 3.05) is 0 Å². The fourth-order valence-corrected chi connectivity index (χ4v) is 3.11. The second kappa shape index (κ2) is 4.84. The van der Waals surface area contributed by atoms with E-state index in [0.29, 0.717) is 9.23 Å². The van der Waals surface area contributed by atoms with Crippen molar-refractivity contribution in [3.05, 3.63) is 39.3 Å². The molecular weight excluding hydrogens is 264 g/mol. The summed E-state index contributed by atoms with van der Waals surface area (Å²) < 4.78 is 0.397. The van der Waals surface area contributed by atoms with Gasteiger partial charge in [0.25, 0.3) is 5.91 Å². The van der Waals surface area contributed by atoms with Crippen molar-refractivity contribution in [2.24, 2.45) is 5.84 Å². The van der Waals surface area contributed by atoms with Gasteiger partial charge in [-0.25, -0.2) is 10.9 Å². The summed E-state index contributed by atoms with van der Waals surface area (Å²) in [7, 11) is 0. The van der Waals surface area contributed by atoms with Crippen molar-refractivity contribution in [3.63, 3.8) is 0 Å². The molecule has 2 N–H and O–H groups in total. The van der Waals surface area contributed by atoms with Crippen LogP contribution in [0.15, 0.2) is 17.0 Å². The van der Waals surface area contributed by atoms with Gasteiger partial charge in [-0.15, -0.1) is 0 Å². The highest BCUT2D eigenvalue weighted by Crippen LogP contribution is 2.31. The molecule has 1 amide bonds. The van der Waals surface area contributed by atoms with Gasteiger partial charge < -0.3 is 0 Å². The molecule has 1 aromatic carbocycles. The maximum atomic E-state index is 11.8. The van der Waals surface area contributed by atoms with E-state index < -0.39 is 0 Å². The minimum atomic E-state index is -0.232. The Morgan fingerprint density at radius 2 is 1.83 bits per heavy atom. The van der Waals surface area contributed by atoms with Gasteiger partial charge in [-0.1, -0.05) is 41.7 Å². The second-order valence-electron chi connectivity index (χ2n) is 4.36. The number of hydrazine groups is 1. The van der Waals surface area contributed by atoms with Crippen LogP contribution in [-0.2, 0) is 4.79 Å². The largest absolute Gasteiger partial charge is 0.280 e. The molecule has 1 heterocycles. The van der Waals surface area contributed by atoms with E-state index in [9.17, 15) is 4.79 Å². The fourth-order valence-electron chi connectivity index (χ4n) is 2.03. The summed E-state index contributed by atoms with van der Waals surface area (Å²) in [5, 5.41) is 1.02. The minimum absolute atomic E-state index is 0.232. The number of hydrogen-bond acceptors (Lipinski definition) is 4. The molecule has 0 atom stereocenters. The highest BCUT2D eigenvalue weighted by molar-refractivity contribution is 8.26. The summed E-state index contributed by atoms with van der Waals surface area (Å²) in [6.45, 7) is 6.13. The van der Waals surface area contributed by atoms with E-state index in [1.54, 1.807) is 0 Å². The minimum Gasteiger partial charge on any atom is -0.267 e. The molecule has 0 bridgehead atoms. The van der Waals surface area contributed by atoms with Crippen molar-refractivity contribution in [1.29, 1.82) is 0 Å². The third-order valence-electron chi connectivity index (χ3n) is 2.84. The predicted molar refractivity (Wildman–Crippen MR) is 79.9 cm³/mol. The summed E-state index contributed by atoms with van der Waals surface area (Å²) in [6.07, 6.45) is 1.87. The zero-order chi connectivity index (χ0) is 13.4. The van der Waals surface area contributed by atoms with Crippen LogP contribution in [0.5, 0.6) is 0 Å². The molecule has 94 valence electrons. The second-order valence-corrected chi connectivity index (χ2v) is 6.04. The highest BCUT2D eigenvalue weighted by Gasteiger charge is 2.29. The van der Waals surface area contributed by atoms with Gasteiger partial charge in [0.15, 0.2) is 4.32 Å². The van der Waals surface area contributed by atoms with E-state index in [1.165, 1.54) is 17.3 Å². The van der Waals surface area contributed by atoms with Crippen LogP contribution in [0.25, 0.3) is 6.08 Å². The lowest BCUT2D eigenvalue weighted by atomic mass is 9.99. The topological polar surface area (TPSA) is 46.3 Å².